The lowest BCUT2D eigenvalue weighted by Gasteiger charge is -2.35. The second kappa shape index (κ2) is 4.92. The molecule has 1 aliphatic carbocycles. The van der Waals surface area contributed by atoms with Gasteiger partial charge in [0.25, 0.3) is 0 Å². The summed E-state index contributed by atoms with van der Waals surface area (Å²) in [6.45, 7) is 3.96. The standard InChI is InChI=1S/C12H21FO/c1-3-5-11(13)12(9-14)7-4-6-10(2)8-12/h8,11,14H,3-7,9H2,1-2H3/t11-,12+/m0/s1. The SMILES string of the molecule is CCC[C@H](F)[C@@]1(CO)C=C(C)CCC1. The van der Waals surface area contributed by atoms with Gasteiger partial charge in [-0.3, -0.25) is 0 Å². The molecule has 1 nitrogen and oxygen atoms in total. The van der Waals surface area contributed by atoms with Crippen LogP contribution in [0.25, 0.3) is 0 Å². The molecule has 1 aliphatic rings. The molecule has 0 aromatic heterocycles. The largest absolute Gasteiger partial charge is 0.395 e. The first kappa shape index (κ1) is 11.7. The van der Waals surface area contributed by atoms with Gasteiger partial charge in [0.05, 0.1) is 6.61 Å². The van der Waals surface area contributed by atoms with E-state index in [1.165, 1.54) is 5.57 Å². The molecular formula is C12H21FO. The summed E-state index contributed by atoms with van der Waals surface area (Å²) in [4.78, 5) is 0. The molecule has 0 spiro atoms. The van der Waals surface area contributed by atoms with Crippen LogP contribution >= 0.6 is 0 Å². The molecule has 0 aliphatic heterocycles. The summed E-state index contributed by atoms with van der Waals surface area (Å²) in [6, 6.07) is 0. The second-order valence-corrected chi connectivity index (χ2v) is 4.49. The molecule has 2 atom stereocenters. The maximum absolute atomic E-state index is 13.9. The Morgan fingerprint density at radius 1 is 1.64 bits per heavy atom. The van der Waals surface area contributed by atoms with Gasteiger partial charge in [-0.25, -0.2) is 4.39 Å². The van der Waals surface area contributed by atoms with Crippen LogP contribution in [0.2, 0.25) is 0 Å². The summed E-state index contributed by atoms with van der Waals surface area (Å²) in [7, 11) is 0. The van der Waals surface area contributed by atoms with Crippen LogP contribution in [-0.2, 0) is 0 Å². The van der Waals surface area contributed by atoms with Crippen molar-refractivity contribution in [3.05, 3.63) is 11.6 Å². The molecular weight excluding hydrogens is 179 g/mol. The maximum atomic E-state index is 13.9. The van der Waals surface area contributed by atoms with Crippen LogP contribution in [0.3, 0.4) is 0 Å². The van der Waals surface area contributed by atoms with E-state index >= 15 is 0 Å². The fourth-order valence-electron chi connectivity index (χ4n) is 2.34. The molecule has 82 valence electrons. The van der Waals surface area contributed by atoms with Crippen LogP contribution in [0.15, 0.2) is 11.6 Å². The van der Waals surface area contributed by atoms with Gasteiger partial charge in [-0.05, 0) is 32.6 Å². The zero-order chi connectivity index (χ0) is 10.6. The van der Waals surface area contributed by atoms with Crippen molar-refractivity contribution >= 4 is 0 Å². The van der Waals surface area contributed by atoms with E-state index in [1.54, 1.807) is 0 Å². The molecule has 2 heteroatoms. The van der Waals surface area contributed by atoms with Gasteiger partial charge in [0.15, 0.2) is 0 Å². The fourth-order valence-corrected chi connectivity index (χ4v) is 2.34. The van der Waals surface area contributed by atoms with Crippen LogP contribution in [-0.4, -0.2) is 17.9 Å². The van der Waals surface area contributed by atoms with Crippen molar-refractivity contribution in [1.29, 1.82) is 0 Å². The zero-order valence-electron chi connectivity index (χ0n) is 9.22. The van der Waals surface area contributed by atoms with E-state index in [9.17, 15) is 9.50 Å². The van der Waals surface area contributed by atoms with Gasteiger partial charge in [-0.2, -0.15) is 0 Å². The molecule has 14 heavy (non-hydrogen) atoms. The molecule has 0 saturated carbocycles. The first-order valence-electron chi connectivity index (χ1n) is 5.58. The predicted molar refractivity (Wildman–Crippen MR) is 56.9 cm³/mol. The van der Waals surface area contributed by atoms with E-state index in [4.69, 9.17) is 0 Å². The Kier molecular flexibility index (Phi) is 4.11. The summed E-state index contributed by atoms with van der Waals surface area (Å²) in [5.41, 5.74) is 0.655. The van der Waals surface area contributed by atoms with Crippen molar-refractivity contribution in [2.75, 3.05) is 6.61 Å². The lowest BCUT2D eigenvalue weighted by molar-refractivity contribution is 0.0562. The number of allylic oxidation sites excluding steroid dienone is 1. The lowest BCUT2D eigenvalue weighted by Crippen LogP contribution is -2.36. The third kappa shape index (κ3) is 2.35. The Balaban J connectivity index is 2.79. The lowest BCUT2D eigenvalue weighted by atomic mass is 9.72. The highest BCUT2D eigenvalue weighted by Crippen LogP contribution is 2.39. The highest BCUT2D eigenvalue weighted by atomic mass is 19.1. The van der Waals surface area contributed by atoms with Crippen LogP contribution < -0.4 is 0 Å². The van der Waals surface area contributed by atoms with Crippen molar-refractivity contribution in [3.8, 4) is 0 Å². The molecule has 0 bridgehead atoms. The first-order valence-corrected chi connectivity index (χ1v) is 5.58. The summed E-state index contributed by atoms with van der Waals surface area (Å²) < 4.78 is 13.9. The van der Waals surface area contributed by atoms with Crippen molar-refractivity contribution in [2.24, 2.45) is 5.41 Å². The van der Waals surface area contributed by atoms with Gasteiger partial charge in [-0.15, -0.1) is 0 Å². The molecule has 1 N–H and O–H groups in total. The van der Waals surface area contributed by atoms with Crippen molar-refractivity contribution in [1.82, 2.24) is 0 Å². The Bertz CT molecular complexity index is 212. The van der Waals surface area contributed by atoms with Crippen molar-refractivity contribution in [2.45, 2.75) is 52.1 Å². The molecule has 0 aromatic carbocycles. The van der Waals surface area contributed by atoms with E-state index in [1.807, 2.05) is 19.9 Å². The van der Waals surface area contributed by atoms with Gasteiger partial charge < -0.3 is 5.11 Å². The third-order valence-electron chi connectivity index (χ3n) is 3.21. The highest BCUT2D eigenvalue weighted by molar-refractivity contribution is 5.14. The monoisotopic (exact) mass is 200 g/mol. The molecule has 0 fully saturated rings. The van der Waals surface area contributed by atoms with Crippen LogP contribution in [0.5, 0.6) is 0 Å². The van der Waals surface area contributed by atoms with E-state index in [0.29, 0.717) is 6.42 Å². The molecule has 0 saturated heterocycles. The minimum Gasteiger partial charge on any atom is -0.395 e. The summed E-state index contributed by atoms with van der Waals surface area (Å²) in [6.07, 6.45) is 5.35. The van der Waals surface area contributed by atoms with Gasteiger partial charge in [0.1, 0.15) is 6.17 Å². The minimum atomic E-state index is -0.882. The van der Waals surface area contributed by atoms with Crippen LogP contribution in [0.4, 0.5) is 4.39 Å². The van der Waals surface area contributed by atoms with Crippen molar-refractivity contribution < 1.29 is 9.50 Å². The topological polar surface area (TPSA) is 20.2 Å². The number of hydrogen-bond donors (Lipinski definition) is 1. The van der Waals surface area contributed by atoms with E-state index in [2.05, 4.69) is 0 Å². The number of aliphatic hydroxyl groups is 1. The van der Waals surface area contributed by atoms with E-state index in [0.717, 1.165) is 25.7 Å². The third-order valence-corrected chi connectivity index (χ3v) is 3.21. The summed E-state index contributed by atoms with van der Waals surface area (Å²) in [5, 5.41) is 9.37. The normalized spacial score (nSPS) is 29.9. The van der Waals surface area contributed by atoms with Gasteiger partial charge in [0.2, 0.25) is 0 Å². The predicted octanol–water partition coefficient (Wildman–Crippen LogP) is 3.23. The van der Waals surface area contributed by atoms with Gasteiger partial charge in [0, 0.05) is 5.41 Å². The average molecular weight is 200 g/mol. The van der Waals surface area contributed by atoms with E-state index < -0.39 is 11.6 Å². The highest BCUT2D eigenvalue weighted by Gasteiger charge is 2.37. The Morgan fingerprint density at radius 3 is 2.86 bits per heavy atom. The molecule has 0 unspecified atom stereocenters. The van der Waals surface area contributed by atoms with Crippen molar-refractivity contribution in [3.63, 3.8) is 0 Å². The maximum Gasteiger partial charge on any atom is 0.111 e. The number of halogens is 1. The Morgan fingerprint density at radius 2 is 2.36 bits per heavy atom. The number of rotatable bonds is 4. The zero-order valence-corrected chi connectivity index (χ0v) is 9.22. The fraction of sp³-hybridized carbons (Fsp3) is 0.833. The molecule has 0 aromatic rings. The number of hydrogen-bond acceptors (Lipinski definition) is 1. The van der Waals surface area contributed by atoms with Crippen LogP contribution in [0.1, 0.15) is 46.0 Å². The average Bonchev–Trinajstić information content (AvgIpc) is 2.18. The van der Waals surface area contributed by atoms with Crippen LogP contribution in [0, 0.1) is 5.41 Å². The van der Waals surface area contributed by atoms with E-state index in [-0.39, 0.29) is 6.61 Å². The minimum absolute atomic E-state index is 0.0501. The molecule has 0 amide bonds. The molecule has 0 radical (unpaired) electrons. The Labute approximate surface area is 86.0 Å². The Hall–Kier alpha value is -0.370. The number of alkyl halides is 1. The molecule has 1 rings (SSSR count). The summed E-state index contributed by atoms with van der Waals surface area (Å²) in [5.74, 6) is 0. The summed E-state index contributed by atoms with van der Waals surface area (Å²) >= 11 is 0. The quantitative estimate of drug-likeness (QED) is 0.691. The first-order chi connectivity index (χ1) is 6.64. The second-order valence-electron chi connectivity index (χ2n) is 4.49. The smallest absolute Gasteiger partial charge is 0.111 e. The molecule has 0 heterocycles. The van der Waals surface area contributed by atoms with Gasteiger partial charge >= 0.3 is 0 Å². The number of aliphatic hydroxyl groups excluding tert-OH is 1. The van der Waals surface area contributed by atoms with Gasteiger partial charge in [-0.1, -0.05) is 25.0 Å².